The van der Waals surface area contributed by atoms with Gasteiger partial charge in [-0.3, -0.25) is 4.90 Å². The highest BCUT2D eigenvalue weighted by Gasteiger charge is 2.21. The fourth-order valence-electron chi connectivity index (χ4n) is 2.87. The molecule has 0 spiro atoms. The molecule has 23 heavy (non-hydrogen) atoms. The highest BCUT2D eigenvalue weighted by atomic mass is 16.2. The SMILES string of the molecule is Cc1cccc(NC(=O)N2CCN(CCCN(C)C)CC2)c1C. The first kappa shape index (κ1) is 17.8. The van der Waals surface area contributed by atoms with Crippen molar-refractivity contribution in [3.63, 3.8) is 0 Å². The highest BCUT2D eigenvalue weighted by molar-refractivity contribution is 5.90. The van der Waals surface area contributed by atoms with Gasteiger partial charge in [-0.2, -0.15) is 0 Å². The number of rotatable bonds is 5. The van der Waals surface area contributed by atoms with E-state index in [2.05, 4.69) is 42.2 Å². The Morgan fingerprint density at radius 1 is 1.17 bits per heavy atom. The van der Waals surface area contributed by atoms with Crippen LogP contribution in [-0.4, -0.2) is 74.1 Å². The number of benzene rings is 1. The summed E-state index contributed by atoms with van der Waals surface area (Å²) in [6.45, 7) is 9.89. The van der Waals surface area contributed by atoms with Gasteiger partial charge in [-0.15, -0.1) is 0 Å². The lowest BCUT2D eigenvalue weighted by molar-refractivity contribution is 0.144. The highest BCUT2D eigenvalue weighted by Crippen LogP contribution is 2.18. The van der Waals surface area contributed by atoms with Crippen LogP contribution in [0.15, 0.2) is 18.2 Å². The van der Waals surface area contributed by atoms with Gasteiger partial charge < -0.3 is 15.1 Å². The van der Waals surface area contributed by atoms with Gasteiger partial charge in [0, 0.05) is 31.9 Å². The maximum absolute atomic E-state index is 12.4. The van der Waals surface area contributed by atoms with Crippen molar-refractivity contribution >= 4 is 11.7 Å². The van der Waals surface area contributed by atoms with E-state index in [9.17, 15) is 4.79 Å². The lowest BCUT2D eigenvalue weighted by Gasteiger charge is -2.35. The van der Waals surface area contributed by atoms with Crippen LogP contribution in [0.3, 0.4) is 0 Å². The maximum Gasteiger partial charge on any atom is 0.321 e. The fourth-order valence-corrected chi connectivity index (χ4v) is 2.87. The summed E-state index contributed by atoms with van der Waals surface area (Å²) < 4.78 is 0. The number of anilines is 1. The normalized spacial score (nSPS) is 16.0. The minimum Gasteiger partial charge on any atom is -0.322 e. The molecule has 0 aliphatic carbocycles. The molecule has 2 rings (SSSR count). The summed E-state index contributed by atoms with van der Waals surface area (Å²) in [4.78, 5) is 19.0. The number of nitrogens with one attached hydrogen (secondary N) is 1. The Balaban J connectivity index is 1.78. The zero-order valence-corrected chi connectivity index (χ0v) is 14.9. The second kappa shape index (κ2) is 8.31. The molecular weight excluding hydrogens is 288 g/mol. The van der Waals surface area contributed by atoms with E-state index in [1.807, 2.05) is 24.0 Å². The number of nitrogens with zero attached hydrogens (tertiary/aromatic N) is 3. The van der Waals surface area contributed by atoms with E-state index in [4.69, 9.17) is 0 Å². The minimum atomic E-state index is 0.0200. The lowest BCUT2D eigenvalue weighted by Crippen LogP contribution is -2.50. The third-order valence-electron chi connectivity index (χ3n) is 4.59. The Morgan fingerprint density at radius 2 is 1.87 bits per heavy atom. The van der Waals surface area contributed by atoms with Crippen LogP contribution in [0.25, 0.3) is 0 Å². The predicted molar refractivity (Wildman–Crippen MR) is 96.1 cm³/mol. The summed E-state index contributed by atoms with van der Waals surface area (Å²) in [7, 11) is 4.21. The van der Waals surface area contributed by atoms with Gasteiger partial charge in [0.1, 0.15) is 0 Å². The van der Waals surface area contributed by atoms with Gasteiger partial charge in [0.15, 0.2) is 0 Å². The molecule has 0 bridgehead atoms. The monoisotopic (exact) mass is 318 g/mol. The molecule has 1 saturated heterocycles. The molecule has 1 aliphatic heterocycles. The molecule has 0 aromatic heterocycles. The van der Waals surface area contributed by atoms with Crippen molar-refractivity contribution in [1.82, 2.24) is 14.7 Å². The molecule has 1 N–H and O–H groups in total. The largest absolute Gasteiger partial charge is 0.322 e. The number of carbonyl (C=O) groups is 1. The Kier molecular flexibility index (Phi) is 6.42. The maximum atomic E-state index is 12.4. The molecular formula is C18H30N4O. The number of carbonyl (C=O) groups excluding carboxylic acids is 1. The predicted octanol–water partition coefficient (Wildman–Crippen LogP) is 2.40. The number of amides is 2. The summed E-state index contributed by atoms with van der Waals surface area (Å²) in [5, 5.41) is 3.06. The molecule has 0 unspecified atom stereocenters. The Bertz CT molecular complexity index is 522. The number of aryl methyl sites for hydroxylation is 1. The minimum absolute atomic E-state index is 0.0200. The van der Waals surface area contributed by atoms with Gasteiger partial charge in [0.25, 0.3) is 0 Å². The zero-order valence-electron chi connectivity index (χ0n) is 14.9. The van der Waals surface area contributed by atoms with Crippen molar-refractivity contribution in [2.24, 2.45) is 0 Å². The molecule has 0 atom stereocenters. The van der Waals surface area contributed by atoms with Crippen LogP contribution in [0.1, 0.15) is 17.5 Å². The van der Waals surface area contributed by atoms with E-state index >= 15 is 0 Å². The van der Waals surface area contributed by atoms with Crippen molar-refractivity contribution in [1.29, 1.82) is 0 Å². The van der Waals surface area contributed by atoms with Gasteiger partial charge >= 0.3 is 6.03 Å². The van der Waals surface area contributed by atoms with Crippen LogP contribution in [-0.2, 0) is 0 Å². The van der Waals surface area contributed by atoms with Crippen molar-refractivity contribution < 1.29 is 4.79 Å². The molecule has 128 valence electrons. The number of piperazine rings is 1. The molecule has 1 fully saturated rings. The summed E-state index contributed by atoms with van der Waals surface area (Å²) in [6, 6.07) is 6.04. The Morgan fingerprint density at radius 3 is 2.52 bits per heavy atom. The van der Waals surface area contributed by atoms with Crippen LogP contribution in [0, 0.1) is 13.8 Å². The first-order valence-corrected chi connectivity index (χ1v) is 8.46. The smallest absolute Gasteiger partial charge is 0.321 e. The second-order valence-electron chi connectivity index (χ2n) is 6.66. The van der Waals surface area contributed by atoms with Gasteiger partial charge in [0.05, 0.1) is 0 Å². The second-order valence-corrected chi connectivity index (χ2v) is 6.66. The first-order valence-electron chi connectivity index (χ1n) is 8.46. The number of urea groups is 1. The standard InChI is InChI=1S/C18H30N4O/c1-15-7-5-8-17(16(15)2)19-18(23)22-13-11-21(12-14-22)10-6-9-20(3)4/h5,7-8H,6,9-14H2,1-4H3,(H,19,23). The third-order valence-corrected chi connectivity index (χ3v) is 4.59. The lowest BCUT2D eigenvalue weighted by atomic mass is 10.1. The molecule has 2 amide bonds. The zero-order chi connectivity index (χ0) is 16.8. The summed E-state index contributed by atoms with van der Waals surface area (Å²) >= 11 is 0. The molecule has 1 aromatic carbocycles. The van der Waals surface area contributed by atoms with Crippen LogP contribution < -0.4 is 5.32 Å². The Labute approximate surface area is 140 Å². The van der Waals surface area contributed by atoms with Gasteiger partial charge in [-0.1, -0.05) is 12.1 Å². The fraction of sp³-hybridized carbons (Fsp3) is 0.611. The Hall–Kier alpha value is -1.59. The van der Waals surface area contributed by atoms with Crippen molar-refractivity contribution in [3.8, 4) is 0 Å². The van der Waals surface area contributed by atoms with Crippen LogP contribution >= 0.6 is 0 Å². The summed E-state index contributed by atoms with van der Waals surface area (Å²) in [6.07, 6.45) is 1.18. The average Bonchev–Trinajstić information content (AvgIpc) is 2.52. The quantitative estimate of drug-likeness (QED) is 0.906. The average molecular weight is 318 g/mol. The van der Waals surface area contributed by atoms with E-state index in [0.717, 1.165) is 50.5 Å². The summed E-state index contributed by atoms with van der Waals surface area (Å²) in [5.74, 6) is 0. The van der Waals surface area contributed by atoms with E-state index < -0.39 is 0 Å². The topological polar surface area (TPSA) is 38.8 Å². The van der Waals surface area contributed by atoms with E-state index in [0.29, 0.717) is 0 Å². The first-order chi connectivity index (χ1) is 11.0. The number of hydrogen-bond donors (Lipinski definition) is 1. The molecule has 5 nitrogen and oxygen atoms in total. The van der Waals surface area contributed by atoms with Gasteiger partial charge in [-0.25, -0.2) is 4.79 Å². The van der Waals surface area contributed by atoms with E-state index in [1.165, 1.54) is 12.0 Å². The van der Waals surface area contributed by atoms with Crippen molar-refractivity contribution in [2.45, 2.75) is 20.3 Å². The van der Waals surface area contributed by atoms with E-state index in [-0.39, 0.29) is 6.03 Å². The number of hydrogen-bond acceptors (Lipinski definition) is 3. The van der Waals surface area contributed by atoms with Crippen molar-refractivity contribution in [3.05, 3.63) is 29.3 Å². The van der Waals surface area contributed by atoms with Crippen LogP contribution in [0.5, 0.6) is 0 Å². The van der Waals surface area contributed by atoms with Gasteiger partial charge in [-0.05, 0) is 64.6 Å². The molecule has 1 aromatic rings. The van der Waals surface area contributed by atoms with Gasteiger partial charge in [0.2, 0.25) is 0 Å². The van der Waals surface area contributed by atoms with Crippen LogP contribution in [0.2, 0.25) is 0 Å². The summed E-state index contributed by atoms with van der Waals surface area (Å²) in [5.41, 5.74) is 3.26. The van der Waals surface area contributed by atoms with Crippen LogP contribution in [0.4, 0.5) is 10.5 Å². The molecule has 1 aliphatic rings. The van der Waals surface area contributed by atoms with E-state index in [1.54, 1.807) is 0 Å². The molecule has 0 saturated carbocycles. The third kappa shape index (κ3) is 5.22. The van der Waals surface area contributed by atoms with Crippen molar-refractivity contribution in [2.75, 3.05) is 58.7 Å². The molecule has 1 heterocycles. The molecule has 0 radical (unpaired) electrons. The molecule has 5 heteroatoms.